The smallest absolute Gasteiger partial charge is 0.350 e. The van der Waals surface area contributed by atoms with E-state index in [1.165, 1.54) is 66.3 Å². The Morgan fingerprint density at radius 3 is 1.19 bits per heavy atom. The van der Waals surface area contributed by atoms with Gasteiger partial charge in [0.15, 0.2) is 60.8 Å². The molecule has 12 saturated heterocycles. The van der Waals surface area contributed by atoms with Crippen molar-refractivity contribution in [3.63, 3.8) is 0 Å². The summed E-state index contributed by atoms with van der Waals surface area (Å²) in [5.41, 5.74) is -3.05. The van der Waals surface area contributed by atoms with Crippen LogP contribution in [0.15, 0.2) is 0 Å². The molecule has 0 aromatic heterocycles. The summed E-state index contributed by atoms with van der Waals surface area (Å²) in [5, 5.41) is 0. The Morgan fingerprint density at radius 2 is 0.750 bits per heavy atom. The van der Waals surface area contributed by atoms with Crippen molar-refractivity contribution in [3.8, 4) is 0 Å². The normalized spacial score (nSPS) is 33.0. The van der Waals surface area contributed by atoms with E-state index in [1.54, 1.807) is 41.5 Å². The predicted octanol–water partition coefficient (Wildman–Crippen LogP) is 20.0. The maximum atomic E-state index is 12.4. The number of hydrogen-bond donors (Lipinski definition) is 0. The van der Waals surface area contributed by atoms with Crippen molar-refractivity contribution >= 4 is 77.6 Å². The minimum atomic E-state index is -1.07. The van der Waals surface area contributed by atoms with Gasteiger partial charge in [-0.05, 0) is 205 Å². The van der Waals surface area contributed by atoms with Crippen molar-refractivity contribution in [3.05, 3.63) is 0 Å². The zero-order valence-electron chi connectivity index (χ0n) is 80.1. The fourth-order valence-corrected chi connectivity index (χ4v) is 19.7. The third kappa shape index (κ3) is 28.8. The number of cyclic esters (lactones) is 2. The predicted molar refractivity (Wildman–Crippen MR) is 531 cm³/mol. The van der Waals surface area contributed by atoms with Gasteiger partial charge in [-0.15, -0.1) is 0 Å². The van der Waals surface area contributed by atoms with Crippen molar-refractivity contribution in [2.45, 2.75) is 479 Å². The number of esters is 13. The van der Waals surface area contributed by atoms with E-state index in [2.05, 4.69) is 9.47 Å². The molecule has 33 heteroatoms. The molecule has 12 aliphatic heterocycles. The molecule has 27 atom stereocenters. The standard InChI is InChI=1S/C18H26O7.C16H22O6.C15H22O7.C13H18O5.C9H12O2.C8H12O2.2C7H14O2.C2H6.12CH4/c1-4-17(2,3)16(20)23-12-10-11(21-14(12)19)13-15(22-10)25-18(24-13)8-6-5-7-9-18;1-5-16(2,3)15(19)22-12-7-6-8-10(9(7)13(17)20-4)14(18)21-11(8)12;1-6-14(2,3)13(17)20-9-7-8(18-11(9)16)10-12(19-7)22-15(4,5)21-10;1-4-13(2,3)12(15)18-9-7-5-6-8(16-7)10(9)17-11(6)14;10-9-8-6-2-1-5(3-6)7(8)4-11-9;9-8-7-4-2-1-3-6(7)5-10-8;2*1-5-7(2,3)6(8)9-4;1-2;;;;;;;;;;;;/h10-13,15H,4-9H2,1-3H3;7-12H,5-6H2,1-4H3;7-10,12H,6H2,1-5H3;6-10H,4-5H2,1-3H3;5-8H,1-4H2;6-7H,1-5H2;2*5H2,1-4H3;1-2H3;12*1H4. The van der Waals surface area contributed by atoms with Crippen LogP contribution in [0.3, 0.4) is 0 Å². The van der Waals surface area contributed by atoms with Crippen molar-refractivity contribution in [2.24, 2.45) is 97.6 Å². The first-order chi connectivity index (χ1) is 60.1. The Bertz CT molecular complexity index is 3960. The minimum absolute atomic E-state index is 0. The molecule has 27 unspecified atom stereocenters. The van der Waals surface area contributed by atoms with Crippen LogP contribution in [0.25, 0.3) is 0 Å². The van der Waals surface area contributed by atoms with Crippen LogP contribution in [0.5, 0.6) is 0 Å². The second-order valence-electron chi connectivity index (χ2n) is 41.2. The van der Waals surface area contributed by atoms with E-state index in [0.29, 0.717) is 68.8 Å². The van der Waals surface area contributed by atoms with Gasteiger partial charge in [-0.25, -0.2) is 9.59 Å². The van der Waals surface area contributed by atoms with E-state index in [-0.39, 0.29) is 184 Å². The van der Waals surface area contributed by atoms with Crippen LogP contribution in [-0.2, 0) is 157 Å². The lowest BCUT2D eigenvalue weighted by molar-refractivity contribution is -0.246. The van der Waals surface area contributed by atoms with Crippen LogP contribution in [0, 0.1) is 97.6 Å². The molecule has 140 heavy (non-hydrogen) atoms. The lowest BCUT2D eigenvalue weighted by atomic mass is 9.78. The molecular formula is C107H194O33. The van der Waals surface area contributed by atoms with E-state index in [0.717, 1.165) is 57.5 Å². The molecule has 1 spiro atoms. The lowest BCUT2D eigenvalue weighted by Crippen LogP contribution is -2.45. The highest BCUT2D eigenvalue weighted by atomic mass is 16.9. The first kappa shape index (κ1) is 137. The van der Waals surface area contributed by atoms with Gasteiger partial charge < -0.3 is 94.7 Å². The number of rotatable bonds is 17. The summed E-state index contributed by atoms with van der Waals surface area (Å²) in [5.74, 6) is -3.13. The molecule has 6 saturated carbocycles. The molecule has 18 aliphatic rings. The van der Waals surface area contributed by atoms with Gasteiger partial charge in [0.1, 0.15) is 30.5 Å². The molecule has 6 aliphatic carbocycles. The molecule has 0 N–H and O–H groups in total. The zero-order chi connectivity index (χ0) is 94.8. The third-order valence-electron chi connectivity index (χ3n) is 30.3. The second-order valence-corrected chi connectivity index (χ2v) is 41.2. The molecular weight excluding hydrogens is 1810 g/mol. The molecule has 0 aromatic rings. The van der Waals surface area contributed by atoms with Crippen molar-refractivity contribution < 1.29 is 157 Å². The fourth-order valence-electron chi connectivity index (χ4n) is 19.7. The maximum absolute atomic E-state index is 12.4. The average Bonchev–Trinajstić information content (AvgIpc) is 1.54. The van der Waals surface area contributed by atoms with Gasteiger partial charge in [-0.1, -0.05) is 164 Å². The SMILES string of the molecule is C.C.C.C.C.C.C.C.C.C.C.C.CC.CCC(C)(C)C(=O)OC.CCC(C)(C)C(=O)OC.CCC(C)(C)C(=O)OC1C(=O)OC2C3OC(C)(C)OC3OC12.CCC(C)(C)C(=O)OC1C(=O)OC2C3OC4(CCCCC4)OC3OC12.CCC(C)(C)C(=O)OC1C2CC3C(=O)OC1C3O2.CCC(C)(C)C(=O)OC1C2CC3C1OC(=O)C3C2C(=O)OC.O=C1OCC2C3CCC(C3)C12.O=C1OCC2CCCCC12. The number of ether oxygens (including phenoxy) is 20. The minimum Gasteiger partial charge on any atom is -0.469 e. The Labute approximate surface area is 842 Å². The first-order valence-corrected chi connectivity index (χ1v) is 47.0. The molecule has 33 nitrogen and oxygen atoms in total. The monoisotopic (exact) mass is 2010 g/mol. The van der Waals surface area contributed by atoms with Crippen molar-refractivity contribution in [1.29, 1.82) is 0 Å². The van der Waals surface area contributed by atoms with Gasteiger partial charge in [0, 0.05) is 36.5 Å². The summed E-state index contributed by atoms with van der Waals surface area (Å²) < 4.78 is 108. The third-order valence-corrected chi connectivity index (χ3v) is 30.3. The molecule has 18 rings (SSSR count). The van der Waals surface area contributed by atoms with E-state index in [1.807, 2.05) is 111 Å². The molecule has 6 bridgehead atoms. The highest BCUT2D eigenvalue weighted by Gasteiger charge is 2.72. The Kier molecular flexibility index (Phi) is 53.7. The van der Waals surface area contributed by atoms with Crippen molar-refractivity contribution in [1.82, 2.24) is 0 Å². The van der Waals surface area contributed by atoms with Gasteiger partial charge in [-0.2, -0.15) is 0 Å². The van der Waals surface area contributed by atoms with Crippen LogP contribution >= 0.6 is 0 Å². The van der Waals surface area contributed by atoms with Crippen molar-refractivity contribution in [2.75, 3.05) is 34.5 Å². The summed E-state index contributed by atoms with van der Waals surface area (Å²) in [6.07, 6.45) is 10.3. The van der Waals surface area contributed by atoms with Crippen LogP contribution in [0.4, 0.5) is 0 Å². The number of fused-ring (bicyclic) bond motifs is 14. The topological polar surface area (TPSA) is 407 Å². The summed E-state index contributed by atoms with van der Waals surface area (Å²) in [4.78, 5) is 153. The van der Waals surface area contributed by atoms with Crippen LogP contribution in [-0.4, -0.2) is 222 Å². The maximum Gasteiger partial charge on any atom is 0.350 e. The second kappa shape index (κ2) is 54.8. The van der Waals surface area contributed by atoms with E-state index < -0.39 is 161 Å². The Balaban J connectivity index is -0.00000155. The van der Waals surface area contributed by atoms with Gasteiger partial charge in [0.25, 0.3) is 0 Å². The van der Waals surface area contributed by atoms with E-state index >= 15 is 0 Å². The average molecular weight is 2010 g/mol. The summed E-state index contributed by atoms with van der Waals surface area (Å²) in [6, 6.07) is 0. The Hall–Kier alpha value is -7.17. The molecule has 0 amide bonds. The molecule has 0 radical (unpaired) electrons. The first-order valence-electron chi connectivity index (χ1n) is 47.0. The summed E-state index contributed by atoms with van der Waals surface area (Å²) in [7, 11) is 4.15. The van der Waals surface area contributed by atoms with E-state index in [9.17, 15) is 62.3 Å². The van der Waals surface area contributed by atoms with E-state index in [4.69, 9.17) is 85.3 Å². The molecule has 18 fully saturated rings. The number of methoxy groups -OCH3 is 3. The quantitative estimate of drug-likeness (QED) is 0.0964. The largest absolute Gasteiger partial charge is 0.469 e. The van der Waals surface area contributed by atoms with Crippen LogP contribution in [0.2, 0.25) is 0 Å². The van der Waals surface area contributed by atoms with Crippen LogP contribution in [0.1, 0.15) is 370 Å². The molecule has 0 aromatic carbocycles. The van der Waals surface area contributed by atoms with Gasteiger partial charge in [0.2, 0.25) is 12.2 Å². The lowest BCUT2D eigenvalue weighted by Gasteiger charge is -2.33. The van der Waals surface area contributed by atoms with Gasteiger partial charge >= 0.3 is 77.6 Å². The fraction of sp³-hybridized carbons (Fsp3) is 0.879. The molecule has 12 heterocycles. The zero-order valence-corrected chi connectivity index (χ0v) is 80.1. The summed E-state index contributed by atoms with van der Waals surface area (Å²) >= 11 is 0. The highest BCUT2D eigenvalue weighted by Crippen LogP contribution is 2.60. The number of carbonyl (C=O) groups excluding carboxylic acids is 13. The highest BCUT2D eigenvalue weighted by molar-refractivity contribution is 5.88. The number of hydrogen-bond acceptors (Lipinski definition) is 33. The summed E-state index contributed by atoms with van der Waals surface area (Å²) in [6.45, 7) is 42.5. The number of carbonyl (C=O) groups is 13. The Morgan fingerprint density at radius 1 is 0.336 bits per heavy atom. The van der Waals surface area contributed by atoms with Crippen LogP contribution < -0.4 is 0 Å². The van der Waals surface area contributed by atoms with Gasteiger partial charge in [0.05, 0.1) is 103 Å². The molecule has 820 valence electrons. The van der Waals surface area contributed by atoms with Gasteiger partial charge in [-0.3, -0.25) is 52.7 Å².